The number of rotatable bonds is 6. The van der Waals surface area contributed by atoms with Crippen LogP contribution in [0.1, 0.15) is 0 Å². The highest BCUT2D eigenvalue weighted by molar-refractivity contribution is 7.89. The van der Waals surface area contributed by atoms with E-state index in [9.17, 15) is 21.6 Å². The molecule has 18 heavy (non-hydrogen) atoms. The van der Waals surface area contributed by atoms with Crippen molar-refractivity contribution in [1.82, 2.24) is 14.5 Å². The van der Waals surface area contributed by atoms with Crippen molar-refractivity contribution in [3.63, 3.8) is 0 Å². The lowest BCUT2D eigenvalue weighted by molar-refractivity contribution is -0.121. The Labute approximate surface area is 104 Å². The lowest BCUT2D eigenvalue weighted by Gasteiger charge is -2.16. The van der Waals surface area contributed by atoms with E-state index in [0.29, 0.717) is 13.2 Å². The fourth-order valence-corrected chi connectivity index (χ4v) is 2.54. The zero-order valence-electron chi connectivity index (χ0n) is 9.78. The molecule has 9 heteroatoms. The third-order valence-corrected chi connectivity index (χ3v) is 3.82. The fourth-order valence-electron chi connectivity index (χ4n) is 1.51. The molecule has 1 rings (SSSR count). The first-order chi connectivity index (χ1) is 8.22. The predicted octanol–water partition coefficient (Wildman–Crippen LogP) is 0.187. The molecule has 0 radical (unpaired) electrons. The zero-order chi connectivity index (χ0) is 13.8. The maximum atomic E-state index is 11.9. The molecule has 0 aliphatic carbocycles. The van der Waals surface area contributed by atoms with Crippen LogP contribution in [0.3, 0.4) is 0 Å². The van der Waals surface area contributed by atoms with Gasteiger partial charge in [0.1, 0.15) is 6.54 Å². The molecule has 1 aliphatic rings. The molecule has 0 aromatic rings. The third kappa shape index (κ3) is 5.69. The number of nitrogens with one attached hydrogen (secondary N) is 1. The minimum absolute atomic E-state index is 0.206. The van der Waals surface area contributed by atoms with E-state index in [0.717, 1.165) is 6.54 Å². The van der Waals surface area contributed by atoms with E-state index in [1.165, 1.54) is 4.72 Å². The summed E-state index contributed by atoms with van der Waals surface area (Å²) in [7, 11) is -3.88. The summed E-state index contributed by atoms with van der Waals surface area (Å²) in [6.07, 6.45) is -2.88. The maximum Gasteiger partial charge on any atom is 0.402 e. The van der Waals surface area contributed by atoms with Crippen LogP contribution in [0.25, 0.3) is 0 Å². The lowest BCUT2D eigenvalue weighted by atomic mass is 10.6. The first-order valence-corrected chi connectivity index (χ1v) is 7.00. The molecule has 1 heterocycles. The third-order valence-electron chi connectivity index (χ3n) is 2.51. The van der Waals surface area contributed by atoms with Gasteiger partial charge in [0, 0.05) is 19.6 Å². The fraction of sp³-hybridized carbons (Fsp3) is 0.778. The van der Waals surface area contributed by atoms with Crippen molar-refractivity contribution in [2.45, 2.75) is 6.18 Å². The first-order valence-electron chi connectivity index (χ1n) is 5.35. The Morgan fingerprint density at radius 2 is 2.00 bits per heavy atom. The van der Waals surface area contributed by atoms with Crippen molar-refractivity contribution < 1.29 is 21.6 Å². The lowest BCUT2D eigenvalue weighted by Crippen LogP contribution is -2.38. The molecule has 1 N–H and O–H groups in total. The number of hydrogen-bond acceptors (Lipinski definition) is 4. The number of halogens is 3. The van der Waals surface area contributed by atoms with Crippen molar-refractivity contribution in [3.05, 3.63) is 12.8 Å². The minimum Gasteiger partial charge on any atom is -0.364 e. The van der Waals surface area contributed by atoms with Gasteiger partial charge < -0.3 is 4.90 Å². The highest BCUT2D eigenvalue weighted by Crippen LogP contribution is 2.13. The van der Waals surface area contributed by atoms with Gasteiger partial charge in [0.05, 0.1) is 12.4 Å². The highest BCUT2D eigenvalue weighted by Gasteiger charge is 2.29. The number of sulfonamides is 1. The van der Waals surface area contributed by atoms with Gasteiger partial charge in [-0.05, 0) is 6.20 Å². The van der Waals surface area contributed by atoms with Gasteiger partial charge in [-0.2, -0.15) is 13.2 Å². The second-order valence-electron chi connectivity index (χ2n) is 4.01. The summed E-state index contributed by atoms with van der Waals surface area (Å²) in [5.41, 5.74) is 0. The maximum absolute atomic E-state index is 11.9. The topological polar surface area (TPSA) is 52.7 Å². The van der Waals surface area contributed by atoms with Gasteiger partial charge in [0.15, 0.2) is 0 Å². The summed E-state index contributed by atoms with van der Waals surface area (Å²) in [5, 5.41) is 0. The van der Waals surface area contributed by atoms with Gasteiger partial charge in [-0.3, -0.25) is 4.90 Å². The SMILES string of the molecule is C=CN1CCN(CCS(=O)(=O)NCC(F)(F)F)C1. The summed E-state index contributed by atoms with van der Waals surface area (Å²) < 4.78 is 59.8. The molecule has 1 saturated heterocycles. The molecular formula is C9H16F3N3O2S. The Morgan fingerprint density at radius 3 is 2.50 bits per heavy atom. The van der Waals surface area contributed by atoms with Crippen molar-refractivity contribution in [3.8, 4) is 0 Å². The molecule has 0 aromatic heterocycles. The van der Waals surface area contributed by atoms with E-state index < -0.39 is 22.7 Å². The standard InChI is InChI=1S/C9H16F3N3O2S/c1-2-14-3-4-15(8-14)5-6-18(16,17)13-7-9(10,11)12/h2,13H,1,3-8H2. The molecule has 0 aromatic carbocycles. The van der Waals surface area contributed by atoms with Crippen LogP contribution in [-0.4, -0.2) is 63.0 Å². The van der Waals surface area contributed by atoms with Gasteiger partial charge in [-0.15, -0.1) is 0 Å². The molecule has 0 bridgehead atoms. The quantitative estimate of drug-likeness (QED) is 0.757. The van der Waals surface area contributed by atoms with Crippen LogP contribution < -0.4 is 4.72 Å². The molecule has 0 unspecified atom stereocenters. The Bertz CT molecular complexity index is 383. The largest absolute Gasteiger partial charge is 0.402 e. The van der Waals surface area contributed by atoms with Gasteiger partial charge in [-0.1, -0.05) is 6.58 Å². The summed E-state index contributed by atoms with van der Waals surface area (Å²) >= 11 is 0. The Hall–Kier alpha value is -0.800. The van der Waals surface area contributed by atoms with Crippen LogP contribution >= 0.6 is 0 Å². The normalized spacial score (nSPS) is 18.3. The summed E-state index contributed by atoms with van der Waals surface area (Å²) in [6, 6.07) is 0. The average molecular weight is 287 g/mol. The molecule has 1 fully saturated rings. The molecule has 1 aliphatic heterocycles. The van der Waals surface area contributed by atoms with E-state index >= 15 is 0 Å². The van der Waals surface area contributed by atoms with Gasteiger partial charge >= 0.3 is 6.18 Å². The van der Waals surface area contributed by atoms with Gasteiger partial charge in [0.2, 0.25) is 10.0 Å². The van der Waals surface area contributed by atoms with Crippen LogP contribution in [0.5, 0.6) is 0 Å². The molecule has 0 atom stereocenters. The molecule has 106 valence electrons. The monoisotopic (exact) mass is 287 g/mol. The summed E-state index contributed by atoms with van der Waals surface area (Å²) in [6.45, 7) is 4.26. The van der Waals surface area contributed by atoms with Crippen LogP contribution in [0.2, 0.25) is 0 Å². The van der Waals surface area contributed by atoms with E-state index in [2.05, 4.69) is 6.58 Å². The van der Waals surface area contributed by atoms with E-state index in [4.69, 9.17) is 0 Å². The summed E-state index contributed by atoms with van der Waals surface area (Å²) in [5.74, 6) is -0.339. The summed E-state index contributed by atoms with van der Waals surface area (Å²) in [4.78, 5) is 3.74. The van der Waals surface area contributed by atoms with Crippen molar-refractivity contribution in [2.75, 3.05) is 38.6 Å². The molecule has 0 spiro atoms. The van der Waals surface area contributed by atoms with Gasteiger partial charge in [-0.25, -0.2) is 13.1 Å². The average Bonchev–Trinajstić information content (AvgIpc) is 2.71. The molecule has 0 amide bonds. The minimum atomic E-state index is -4.53. The van der Waals surface area contributed by atoms with Crippen molar-refractivity contribution >= 4 is 10.0 Å². The van der Waals surface area contributed by atoms with Crippen LogP contribution in [0.4, 0.5) is 13.2 Å². The van der Waals surface area contributed by atoms with Crippen LogP contribution in [0.15, 0.2) is 12.8 Å². The Morgan fingerprint density at radius 1 is 1.33 bits per heavy atom. The number of hydrogen-bond donors (Lipinski definition) is 1. The van der Waals surface area contributed by atoms with E-state index in [1.54, 1.807) is 6.20 Å². The predicted molar refractivity (Wildman–Crippen MR) is 61.2 cm³/mol. The second-order valence-corrected chi connectivity index (χ2v) is 5.94. The van der Waals surface area contributed by atoms with Crippen molar-refractivity contribution in [2.24, 2.45) is 0 Å². The smallest absolute Gasteiger partial charge is 0.364 e. The van der Waals surface area contributed by atoms with E-state index in [-0.39, 0.29) is 12.3 Å². The van der Waals surface area contributed by atoms with Gasteiger partial charge in [0.25, 0.3) is 0 Å². The number of nitrogens with zero attached hydrogens (tertiary/aromatic N) is 2. The number of alkyl halides is 3. The Balaban J connectivity index is 2.32. The van der Waals surface area contributed by atoms with E-state index in [1.807, 2.05) is 9.80 Å². The highest BCUT2D eigenvalue weighted by atomic mass is 32.2. The molecule has 0 saturated carbocycles. The Kier molecular flexibility index (Phi) is 5.00. The molecule has 5 nitrogen and oxygen atoms in total. The van der Waals surface area contributed by atoms with Crippen LogP contribution in [0, 0.1) is 0 Å². The second kappa shape index (κ2) is 5.89. The van der Waals surface area contributed by atoms with Crippen molar-refractivity contribution in [1.29, 1.82) is 0 Å². The van der Waals surface area contributed by atoms with Crippen LogP contribution in [-0.2, 0) is 10.0 Å². The zero-order valence-corrected chi connectivity index (χ0v) is 10.6. The molecular weight excluding hydrogens is 271 g/mol. The first kappa shape index (κ1) is 15.3.